The van der Waals surface area contributed by atoms with Gasteiger partial charge in [0.05, 0.1) is 0 Å². The second-order valence-corrected chi connectivity index (χ2v) is 4.19. The van der Waals surface area contributed by atoms with Gasteiger partial charge in [0.25, 0.3) is 0 Å². The highest BCUT2D eigenvalue weighted by Crippen LogP contribution is 2.22. The van der Waals surface area contributed by atoms with Crippen LogP contribution in [0.4, 0.5) is 0 Å². The quantitative estimate of drug-likeness (QED) is 0.789. The second kappa shape index (κ2) is 4.07. The molecule has 0 radical (unpaired) electrons. The van der Waals surface area contributed by atoms with Gasteiger partial charge in [0.15, 0.2) is 0 Å². The van der Waals surface area contributed by atoms with Crippen molar-refractivity contribution in [2.45, 2.75) is 32.7 Å². The predicted molar refractivity (Wildman–Crippen MR) is 65.0 cm³/mol. The largest absolute Gasteiger partial charge is 0.361 e. The Morgan fingerprint density at radius 2 is 2.13 bits per heavy atom. The molecule has 0 saturated carbocycles. The maximum atomic E-state index is 5.83. The van der Waals surface area contributed by atoms with Crippen molar-refractivity contribution in [3.05, 3.63) is 35.5 Å². The molecule has 2 rings (SSSR count). The van der Waals surface area contributed by atoms with E-state index in [0.29, 0.717) is 0 Å². The lowest BCUT2D eigenvalue weighted by atomic mass is 10.0. The molecule has 0 aliphatic rings. The number of fused-ring (bicyclic) bond motifs is 1. The summed E-state index contributed by atoms with van der Waals surface area (Å²) in [5.41, 5.74) is 9.81. The van der Waals surface area contributed by atoms with E-state index in [1.54, 1.807) is 0 Å². The van der Waals surface area contributed by atoms with Crippen LogP contribution in [0.2, 0.25) is 0 Å². The summed E-state index contributed by atoms with van der Waals surface area (Å²) < 4.78 is 0. The monoisotopic (exact) mass is 202 g/mol. The van der Waals surface area contributed by atoms with E-state index >= 15 is 0 Å². The van der Waals surface area contributed by atoms with E-state index in [0.717, 1.165) is 12.8 Å². The van der Waals surface area contributed by atoms with Gasteiger partial charge in [-0.15, -0.1) is 0 Å². The van der Waals surface area contributed by atoms with Crippen LogP contribution in [0.5, 0.6) is 0 Å². The van der Waals surface area contributed by atoms with Crippen LogP contribution in [0.25, 0.3) is 10.9 Å². The molecule has 0 aliphatic carbocycles. The lowest BCUT2D eigenvalue weighted by molar-refractivity contribution is 0.741. The summed E-state index contributed by atoms with van der Waals surface area (Å²) >= 11 is 0. The number of H-pyrrole nitrogens is 1. The van der Waals surface area contributed by atoms with E-state index in [1.165, 1.54) is 22.0 Å². The van der Waals surface area contributed by atoms with Gasteiger partial charge in [-0.3, -0.25) is 0 Å². The van der Waals surface area contributed by atoms with E-state index in [9.17, 15) is 0 Å². The topological polar surface area (TPSA) is 41.8 Å². The van der Waals surface area contributed by atoms with Crippen molar-refractivity contribution >= 4 is 10.9 Å². The molecule has 2 heteroatoms. The third kappa shape index (κ3) is 1.90. The van der Waals surface area contributed by atoms with E-state index in [2.05, 4.69) is 36.3 Å². The maximum absolute atomic E-state index is 5.83. The van der Waals surface area contributed by atoms with Gasteiger partial charge in [-0.2, -0.15) is 0 Å². The minimum atomic E-state index is 0.217. The molecule has 0 fully saturated rings. The molecule has 1 atom stereocenters. The van der Waals surface area contributed by atoms with Gasteiger partial charge in [-0.1, -0.05) is 25.1 Å². The normalized spacial score (nSPS) is 13.3. The zero-order valence-electron chi connectivity index (χ0n) is 9.38. The molecule has 3 N–H and O–H groups in total. The highest BCUT2D eigenvalue weighted by molar-refractivity contribution is 5.86. The Bertz CT molecular complexity index is 455. The molecule has 15 heavy (non-hydrogen) atoms. The fourth-order valence-corrected chi connectivity index (χ4v) is 2.09. The van der Waals surface area contributed by atoms with Gasteiger partial charge in [0, 0.05) is 23.1 Å². The van der Waals surface area contributed by atoms with Gasteiger partial charge in [0.1, 0.15) is 0 Å². The zero-order chi connectivity index (χ0) is 10.8. The molecular formula is C13H18N2. The molecule has 2 aromatic rings. The lowest BCUT2D eigenvalue weighted by Crippen LogP contribution is -2.17. The third-order valence-corrected chi connectivity index (χ3v) is 2.81. The predicted octanol–water partition coefficient (Wildman–Crippen LogP) is 2.62. The number of nitrogens with one attached hydrogen (secondary N) is 1. The number of rotatable bonds is 3. The van der Waals surface area contributed by atoms with Crippen LogP contribution < -0.4 is 5.73 Å². The number of benzene rings is 1. The van der Waals surface area contributed by atoms with Gasteiger partial charge in [-0.25, -0.2) is 0 Å². The molecule has 2 nitrogen and oxygen atoms in total. The second-order valence-electron chi connectivity index (χ2n) is 4.19. The molecule has 0 aliphatic heterocycles. The number of aryl methyl sites for hydroxylation is 1. The van der Waals surface area contributed by atoms with E-state index < -0.39 is 0 Å². The summed E-state index contributed by atoms with van der Waals surface area (Å²) in [5, 5.41) is 1.33. The van der Waals surface area contributed by atoms with Crippen molar-refractivity contribution in [3.63, 3.8) is 0 Å². The molecule has 0 saturated heterocycles. The number of aromatic nitrogens is 1. The highest BCUT2D eigenvalue weighted by atomic mass is 14.7. The first-order valence-electron chi connectivity index (χ1n) is 5.55. The van der Waals surface area contributed by atoms with Gasteiger partial charge in [0.2, 0.25) is 0 Å². The average molecular weight is 202 g/mol. The average Bonchev–Trinajstić information content (AvgIpc) is 2.61. The van der Waals surface area contributed by atoms with Gasteiger partial charge < -0.3 is 10.7 Å². The molecule has 1 aromatic heterocycles. The van der Waals surface area contributed by atoms with Gasteiger partial charge in [-0.05, 0) is 30.9 Å². The molecule has 0 bridgehead atoms. The SMILES string of the molecule is CCc1cccc2c(C[C@@H](C)N)c[nH]c12. The van der Waals surface area contributed by atoms with Gasteiger partial charge >= 0.3 is 0 Å². The Morgan fingerprint density at radius 3 is 2.80 bits per heavy atom. The van der Waals surface area contributed by atoms with E-state index in [4.69, 9.17) is 5.73 Å². The Labute approximate surface area is 90.5 Å². The fourth-order valence-electron chi connectivity index (χ4n) is 2.09. The van der Waals surface area contributed by atoms with E-state index in [-0.39, 0.29) is 6.04 Å². The minimum Gasteiger partial charge on any atom is -0.361 e. The van der Waals surface area contributed by atoms with Crippen LogP contribution >= 0.6 is 0 Å². The smallest absolute Gasteiger partial charge is 0.0489 e. The molecule has 0 amide bonds. The van der Waals surface area contributed by atoms with Crippen molar-refractivity contribution in [2.75, 3.05) is 0 Å². The molecule has 1 aromatic carbocycles. The van der Waals surface area contributed by atoms with Crippen LogP contribution in [-0.4, -0.2) is 11.0 Å². The molecule has 80 valence electrons. The number of hydrogen-bond donors (Lipinski definition) is 2. The summed E-state index contributed by atoms with van der Waals surface area (Å²) in [4.78, 5) is 3.36. The lowest BCUT2D eigenvalue weighted by Gasteiger charge is -2.04. The Kier molecular flexibility index (Phi) is 2.78. The Hall–Kier alpha value is -1.28. The first-order chi connectivity index (χ1) is 7.22. The minimum absolute atomic E-state index is 0.217. The Balaban J connectivity index is 2.51. The van der Waals surface area contributed by atoms with Crippen LogP contribution in [0.1, 0.15) is 25.0 Å². The third-order valence-electron chi connectivity index (χ3n) is 2.81. The van der Waals surface area contributed by atoms with Crippen molar-refractivity contribution in [2.24, 2.45) is 5.73 Å². The first kappa shape index (κ1) is 10.2. The highest BCUT2D eigenvalue weighted by Gasteiger charge is 2.07. The summed E-state index contributed by atoms with van der Waals surface area (Å²) in [6.45, 7) is 4.23. The summed E-state index contributed by atoms with van der Waals surface area (Å²) in [7, 11) is 0. The molecular weight excluding hydrogens is 184 g/mol. The number of hydrogen-bond acceptors (Lipinski definition) is 1. The van der Waals surface area contributed by atoms with Crippen LogP contribution in [0.3, 0.4) is 0 Å². The summed E-state index contributed by atoms with van der Waals surface area (Å²) in [5.74, 6) is 0. The van der Waals surface area contributed by atoms with Crippen LogP contribution in [0, 0.1) is 0 Å². The summed E-state index contributed by atoms with van der Waals surface area (Å²) in [6.07, 6.45) is 4.09. The van der Waals surface area contributed by atoms with Crippen LogP contribution in [0.15, 0.2) is 24.4 Å². The molecule has 1 heterocycles. The van der Waals surface area contributed by atoms with Crippen molar-refractivity contribution in [1.29, 1.82) is 0 Å². The molecule has 0 unspecified atom stereocenters. The van der Waals surface area contributed by atoms with Crippen molar-refractivity contribution < 1.29 is 0 Å². The molecule has 0 spiro atoms. The maximum Gasteiger partial charge on any atom is 0.0489 e. The van der Waals surface area contributed by atoms with Crippen LogP contribution in [-0.2, 0) is 12.8 Å². The zero-order valence-corrected chi connectivity index (χ0v) is 9.38. The van der Waals surface area contributed by atoms with Crippen molar-refractivity contribution in [3.8, 4) is 0 Å². The first-order valence-corrected chi connectivity index (χ1v) is 5.55. The number of aromatic amines is 1. The fraction of sp³-hybridized carbons (Fsp3) is 0.385. The van der Waals surface area contributed by atoms with Crippen molar-refractivity contribution in [1.82, 2.24) is 4.98 Å². The Morgan fingerprint density at radius 1 is 1.33 bits per heavy atom. The number of nitrogens with two attached hydrogens (primary N) is 1. The summed E-state index contributed by atoms with van der Waals surface area (Å²) in [6, 6.07) is 6.69. The van der Waals surface area contributed by atoms with E-state index in [1.807, 2.05) is 6.92 Å². The standard InChI is InChI=1S/C13H18N2/c1-3-10-5-4-6-12-11(7-9(2)14)8-15-13(10)12/h4-6,8-9,15H,3,7,14H2,1-2H3/t9-/m1/s1. The number of para-hydroxylation sites is 1.